The van der Waals surface area contributed by atoms with E-state index in [1.165, 1.54) is 35.5 Å². The van der Waals surface area contributed by atoms with E-state index in [9.17, 15) is 0 Å². The van der Waals surface area contributed by atoms with E-state index < -0.39 is 0 Å². The lowest BCUT2D eigenvalue weighted by molar-refractivity contribution is 0.261. The Kier molecular flexibility index (Phi) is 4.88. The van der Waals surface area contributed by atoms with Crippen LogP contribution in [0.2, 0.25) is 0 Å². The number of nitrogens with one attached hydrogen (secondary N) is 1. The Morgan fingerprint density at radius 2 is 2.00 bits per heavy atom. The number of nitrogens with zero attached hydrogens (tertiary/aromatic N) is 4. The fourth-order valence-corrected chi connectivity index (χ4v) is 3.44. The summed E-state index contributed by atoms with van der Waals surface area (Å²) in [6, 6.07) is 15.2. The highest BCUT2D eigenvalue weighted by molar-refractivity contribution is 5.85. The van der Waals surface area contributed by atoms with Crippen LogP contribution < -0.4 is 5.32 Å². The van der Waals surface area contributed by atoms with Crippen LogP contribution in [0.25, 0.3) is 10.8 Å². The number of hydrogen-bond donors (Lipinski definition) is 1. The van der Waals surface area contributed by atoms with Crippen molar-refractivity contribution < 1.29 is 0 Å². The van der Waals surface area contributed by atoms with Crippen molar-refractivity contribution >= 4 is 23.2 Å². The third kappa shape index (κ3) is 3.21. The van der Waals surface area contributed by atoms with Gasteiger partial charge in [0.1, 0.15) is 6.04 Å². The van der Waals surface area contributed by atoms with Crippen molar-refractivity contribution in [2.24, 2.45) is 5.92 Å². The first-order valence-corrected chi connectivity index (χ1v) is 7.84. The van der Waals surface area contributed by atoms with E-state index >= 15 is 0 Å². The monoisotopic (exact) mass is 329 g/mol. The minimum atomic E-state index is 0. The fourth-order valence-electron chi connectivity index (χ4n) is 3.44. The van der Waals surface area contributed by atoms with Crippen molar-refractivity contribution in [3.8, 4) is 0 Å². The highest BCUT2D eigenvalue weighted by atomic mass is 35.5. The zero-order chi connectivity index (χ0) is 14.8. The van der Waals surface area contributed by atoms with E-state index in [2.05, 4.69) is 63.2 Å². The number of tetrazole rings is 1. The van der Waals surface area contributed by atoms with Gasteiger partial charge < -0.3 is 5.32 Å². The Labute approximate surface area is 141 Å². The lowest BCUT2D eigenvalue weighted by atomic mass is 9.87. The van der Waals surface area contributed by atoms with E-state index in [0.717, 1.165) is 13.1 Å². The molecule has 2 aromatic carbocycles. The number of fused-ring (bicyclic) bond motifs is 1. The predicted molar refractivity (Wildman–Crippen MR) is 92.7 cm³/mol. The Balaban J connectivity index is 0.00000156. The van der Waals surface area contributed by atoms with Crippen LogP contribution in [0.5, 0.6) is 0 Å². The number of benzene rings is 2. The third-order valence-corrected chi connectivity index (χ3v) is 4.51. The minimum Gasteiger partial charge on any atom is -0.316 e. The number of aromatic nitrogens is 4. The van der Waals surface area contributed by atoms with Crippen molar-refractivity contribution in [3.05, 3.63) is 54.4 Å². The molecule has 23 heavy (non-hydrogen) atoms. The van der Waals surface area contributed by atoms with Crippen LogP contribution in [-0.4, -0.2) is 33.3 Å². The van der Waals surface area contributed by atoms with Gasteiger partial charge in [0.2, 0.25) is 0 Å². The van der Waals surface area contributed by atoms with Gasteiger partial charge in [0.15, 0.2) is 6.33 Å². The summed E-state index contributed by atoms with van der Waals surface area (Å²) in [4.78, 5) is 1.77. The van der Waals surface area contributed by atoms with Gasteiger partial charge in [0, 0.05) is 6.54 Å². The van der Waals surface area contributed by atoms with Crippen molar-refractivity contribution in [3.63, 3.8) is 0 Å². The molecule has 2 atom stereocenters. The van der Waals surface area contributed by atoms with Crippen LogP contribution in [-0.2, 0) is 0 Å². The first kappa shape index (κ1) is 15.9. The molecule has 1 aliphatic rings. The van der Waals surface area contributed by atoms with Gasteiger partial charge in [-0.2, -0.15) is 4.80 Å². The molecule has 5 nitrogen and oxygen atoms in total. The summed E-state index contributed by atoms with van der Waals surface area (Å²) in [6.45, 7) is 2.10. The molecule has 4 rings (SSSR count). The van der Waals surface area contributed by atoms with Crippen LogP contribution in [0.3, 0.4) is 0 Å². The lowest BCUT2D eigenvalue weighted by Gasteiger charge is -2.30. The SMILES string of the molecule is Cl.c1ccc2cc([C@H]([C@@H]3CCCNC3)n3ncnn3)ccc2c1. The molecular formula is C17H20ClN5. The zero-order valence-corrected chi connectivity index (χ0v) is 13.6. The number of hydrogen-bond acceptors (Lipinski definition) is 4. The van der Waals surface area contributed by atoms with Gasteiger partial charge in [0.05, 0.1) is 0 Å². The third-order valence-electron chi connectivity index (χ3n) is 4.51. The molecule has 1 aromatic heterocycles. The van der Waals surface area contributed by atoms with Gasteiger partial charge in [-0.05, 0) is 52.9 Å². The molecule has 0 amide bonds. The maximum absolute atomic E-state index is 4.31. The maximum atomic E-state index is 4.31. The van der Waals surface area contributed by atoms with Crippen molar-refractivity contribution in [1.82, 2.24) is 25.5 Å². The number of halogens is 1. The molecule has 1 aliphatic heterocycles. The number of piperidine rings is 1. The van der Waals surface area contributed by atoms with E-state index in [1.807, 2.05) is 0 Å². The topological polar surface area (TPSA) is 55.6 Å². The highest BCUT2D eigenvalue weighted by Crippen LogP contribution is 2.31. The Morgan fingerprint density at radius 1 is 1.13 bits per heavy atom. The zero-order valence-electron chi connectivity index (χ0n) is 12.8. The largest absolute Gasteiger partial charge is 0.316 e. The Hall–Kier alpha value is -1.98. The summed E-state index contributed by atoms with van der Waals surface area (Å²) >= 11 is 0. The summed E-state index contributed by atoms with van der Waals surface area (Å²) < 4.78 is 0. The van der Waals surface area contributed by atoms with Gasteiger partial charge in [-0.3, -0.25) is 0 Å². The quantitative estimate of drug-likeness (QED) is 0.802. The van der Waals surface area contributed by atoms with Crippen LogP contribution in [0, 0.1) is 5.92 Å². The Morgan fingerprint density at radius 3 is 2.74 bits per heavy atom. The van der Waals surface area contributed by atoms with Crippen LogP contribution in [0.4, 0.5) is 0 Å². The van der Waals surface area contributed by atoms with E-state index in [4.69, 9.17) is 0 Å². The second kappa shape index (κ2) is 7.06. The van der Waals surface area contributed by atoms with Gasteiger partial charge in [-0.25, -0.2) is 0 Å². The smallest absolute Gasteiger partial charge is 0.162 e. The minimum absolute atomic E-state index is 0. The molecule has 1 saturated heterocycles. The molecule has 0 saturated carbocycles. The molecular weight excluding hydrogens is 310 g/mol. The lowest BCUT2D eigenvalue weighted by Crippen LogP contribution is -2.36. The standard InChI is InChI=1S/C17H19N5.ClH/c1-2-5-14-10-15(8-7-13(14)4-1)17(22-20-12-19-21-22)16-6-3-9-18-11-16;/h1-2,4-5,7-8,10,12,16-18H,3,6,9,11H2;1H/t16-,17-;/m1./s1. The summed E-state index contributed by atoms with van der Waals surface area (Å²) in [7, 11) is 0. The molecule has 1 fully saturated rings. The summed E-state index contributed by atoms with van der Waals surface area (Å²) in [5, 5.41) is 18.4. The average molecular weight is 330 g/mol. The molecule has 6 heteroatoms. The van der Waals surface area contributed by atoms with E-state index in [-0.39, 0.29) is 18.4 Å². The van der Waals surface area contributed by atoms with Crippen molar-refractivity contribution in [1.29, 1.82) is 0 Å². The first-order chi connectivity index (χ1) is 10.9. The van der Waals surface area contributed by atoms with Gasteiger partial charge >= 0.3 is 0 Å². The second-order valence-electron chi connectivity index (χ2n) is 5.91. The molecule has 0 spiro atoms. The summed E-state index contributed by atoms with van der Waals surface area (Å²) in [5.74, 6) is 0.490. The summed E-state index contributed by atoms with van der Waals surface area (Å²) in [5.41, 5.74) is 1.26. The van der Waals surface area contributed by atoms with Crippen LogP contribution in [0.1, 0.15) is 24.4 Å². The van der Waals surface area contributed by atoms with E-state index in [0.29, 0.717) is 5.92 Å². The first-order valence-electron chi connectivity index (χ1n) is 7.84. The van der Waals surface area contributed by atoms with Crippen molar-refractivity contribution in [2.45, 2.75) is 18.9 Å². The number of rotatable bonds is 3. The molecule has 0 bridgehead atoms. The maximum Gasteiger partial charge on any atom is 0.162 e. The predicted octanol–water partition coefficient (Wildman–Crippen LogP) is 2.84. The van der Waals surface area contributed by atoms with Crippen molar-refractivity contribution in [2.75, 3.05) is 13.1 Å². The molecule has 0 aliphatic carbocycles. The van der Waals surface area contributed by atoms with Gasteiger partial charge in [0.25, 0.3) is 0 Å². The molecule has 0 unspecified atom stereocenters. The Bertz CT molecular complexity index is 753. The van der Waals surface area contributed by atoms with Crippen LogP contribution in [0.15, 0.2) is 48.8 Å². The van der Waals surface area contributed by atoms with E-state index in [1.54, 1.807) is 4.80 Å². The van der Waals surface area contributed by atoms with Gasteiger partial charge in [-0.1, -0.05) is 36.4 Å². The molecule has 120 valence electrons. The highest BCUT2D eigenvalue weighted by Gasteiger charge is 2.28. The van der Waals surface area contributed by atoms with Crippen LogP contribution >= 0.6 is 12.4 Å². The average Bonchev–Trinajstić information content (AvgIpc) is 3.10. The normalized spacial score (nSPS) is 19.2. The molecule has 2 heterocycles. The summed E-state index contributed by atoms with van der Waals surface area (Å²) in [6.07, 6.45) is 3.90. The molecule has 1 N–H and O–H groups in total. The molecule has 3 aromatic rings. The second-order valence-corrected chi connectivity index (χ2v) is 5.91. The van der Waals surface area contributed by atoms with Gasteiger partial charge in [-0.15, -0.1) is 22.6 Å². The fraction of sp³-hybridized carbons (Fsp3) is 0.353. The molecule has 0 radical (unpaired) electrons.